The number of carbonyl (C=O) groups excluding carboxylic acids is 2. The van der Waals surface area contributed by atoms with Crippen molar-refractivity contribution in [3.63, 3.8) is 0 Å². The van der Waals surface area contributed by atoms with Crippen LogP contribution in [-0.4, -0.2) is 43.8 Å². The maximum absolute atomic E-state index is 14.1. The summed E-state index contributed by atoms with van der Waals surface area (Å²) >= 11 is 6.18. The molecule has 0 aliphatic rings. The smallest absolute Gasteiger partial charge is 0.264 e. The fourth-order valence-corrected chi connectivity index (χ4v) is 6.15. The fraction of sp³-hybridized carbons (Fsp3) is 0.355. The van der Waals surface area contributed by atoms with Crippen molar-refractivity contribution in [1.29, 1.82) is 0 Å². The number of nitrogens with one attached hydrogen (secondary N) is 1. The molecule has 3 rings (SSSR count). The van der Waals surface area contributed by atoms with Crippen LogP contribution in [0.15, 0.2) is 71.6 Å². The largest absolute Gasteiger partial charge is 0.352 e. The molecule has 1 N–H and O–H groups in total. The van der Waals surface area contributed by atoms with Gasteiger partial charge in [0.2, 0.25) is 11.8 Å². The average Bonchev–Trinajstić information content (AvgIpc) is 2.88. The molecule has 1 atom stereocenters. The van der Waals surface area contributed by atoms with Crippen molar-refractivity contribution in [3.05, 3.63) is 94.0 Å². The maximum atomic E-state index is 14.1. The molecule has 3 aromatic rings. The average molecular weight is 584 g/mol. The standard InChI is InChI=1S/C31H38ClN3O4S/c1-7-28(31(37)33-21(2)3)34(19-25-12-8-22(4)9-13-25)30(36)20-35(29-17-14-26(32)18-24(29)6)40(38,39)27-15-10-23(5)11-16-27/h8-18,21,28H,7,19-20H2,1-6H3,(H,33,37). The van der Waals surface area contributed by atoms with E-state index >= 15 is 0 Å². The summed E-state index contributed by atoms with van der Waals surface area (Å²) in [4.78, 5) is 28.9. The summed E-state index contributed by atoms with van der Waals surface area (Å²) in [7, 11) is -4.14. The first-order chi connectivity index (χ1) is 18.8. The first-order valence-electron chi connectivity index (χ1n) is 13.3. The third kappa shape index (κ3) is 7.64. The van der Waals surface area contributed by atoms with Crippen LogP contribution in [0.25, 0.3) is 0 Å². The van der Waals surface area contributed by atoms with E-state index in [1.165, 1.54) is 17.0 Å². The van der Waals surface area contributed by atoms with E-state index in [0.29, 0.717) is 22.7 Å². The quantitative estimate of drug-likeness (QED) is 0.309. The minimum absolute atomic E-state index is 0.0647. The maximum Gasteiger partial charge on any atom is 0.264 e. The van der Waals surface area contributed by atoms with E-state index in [2.05, 4.69) is 5.32 Å². The number of amides is 2. The molecule has 0 spiro atoms. The predicted octanol–water partition coefficient (Wildman–Crippen LogP) is 5.79. The Morgan fingerprint density at radius 1 is 0.900 bits per heavy atom. The number of rotatable bonds is 11. The van der Waals surface area contributed by atoms with Crippen LogP contribution in [-0.2, 0) is 26.2 Å². The molecule has 7 nitrogen and oxygen atoms in total. The van der Waals surface area contributed by atoms with Gasteiger partial charge in [-0.2, -0.15) is 0 Å². The Kier molecular flexibility index (Phi) is 10.4. The van der Waals surface area contributed by atoms with Crippen LogP contribution in [0.5, 0.6) is 0 Å². The number of halogens is 1. The van der Waals surface area contributed by atoms with Crippen LogP contribution in [0.1, 0.15) is 49.4 Å². The number of hydrogen-bond donors (Lipinski definition) is 1. The van der Waals surface area contributed by atoms with Gasteiger partial charge >= 0.3 is 0 Å². The molecule has 214 valence electrons. The van der Waals surface area contributed by atoms with E-state index in [1.54, 1.807) is 37.3 Å². The second kappa shape index (κ2) is 13.3. The van der Waals surface area contributed by atoms with E-state index in [4.69, 9.17) is 11.6 Å². The Morgan fingerprint density at radius 2 is 1.48 bits per heavy atom. The van der Waals surface area contributed by atoms with E-state index in [-0.39, 0.29) is 23.4 Å². The number of benzene rings is 3. The van der Waals surface area contributed by atoms with Gasteiger partial charge < -0.3 is 10.2 Å². The first kappa shape index (κ1) is 31.2. The summed E-state index contributed by atoms with van der Waals surface area (Å²) in [5, 5.41) is 3.36. The third-order valence-corrected chi connectivity index (χ3v) is 8.61. The molecule has 0 saturated heterocycles. The molecule has 0 aliphatic heterocycles. The summed E-state index contributed by atoms with van der Waals surface area (Å²) in [5.41, 5.74) is 3.76. The highest BCUT2D eigenvalue weighted by molar-refractivity contribution is 7.92. The van der Waals surface area contributed by atoms with Crippen molar-refractivity contribution in [2.24, 2.45) is 0 Å². The molecule has 3 aromatic carbocycles. The van der Waals surface area contributed by atoms with Crippen LogP contribution >= 0.6 is 11.6 Å². The van der Waals surface area contributed by atoms with E-state index in [1.807, 2.05) is 58.9 Å². The van der Waals surface area contributed by atoms with Crippen LogP contribution < -0.4 is 9.62 Å². The first-order valence-corrected chi connectivity index (χ1v) is 15.2. The zero-order valence-corrected chi connectivity index (χ0v) is 25.5. The van der Waals surface area contributed by atoms with Gasteiger partial charge in [0, 0.05) is 17.6 Å². The van der Waals surface area contributed by atoms with E-state index in [0.717, 1.165) is 21.0 Å². The van der Waals surface area contributed by atoms with E-state index in [9.17, 15) is 18.0 Å². The Balaban J connectivity index is 2.09. The van der Waals surface area contributed by atoms with Crippen molar-refractivity contribution in [2.45, 2.75) is 71.5 Å². The summed E-state index contributed by atoms with van der Waals surface area (Å²) in [5.74, 6) is -0.773. The Bertz CT molecular complexity index is 1440. The molecule has 0 heterocycles. The van der Waals surface area contributed by atoms with Crippen LogP contribution in [0.3, 0.4) is 0 Å². The van der Waals surface area contributed by atoms with E-state index < -0.39 is 28.5 Å². The molecule has 2 amide bonds. The number of aryl methyl sites for hydroxylation is 3. The summed E-state index contributed by atoms with van der Waals surface area (Å²) < 4.78 is 29.1. The van der Waals surface area contributed by atoms with Gasteiger partial charge in [0.25, 0.3) is 10.0 Å². The molecule has 0 aliphatic carbocycles. The fourth-order valence-electron chi connectivity index (χ4n) is 4.44. The zero-order valence-electron chi connectivity index (χ0n) is 23.9. The Morgan fingerprint density at radius 3 is 2.00 bits per heavy atom. The van der Waals surface area contributed by atoms with Gasteiger partial charge in [0.1, 0.15) is 12.6 Å². The van der Waals surface area contributed by atoms with Crippen molar-refractivity contribution in [2.75, 3.05) is 10.8 Å². The molecular formula is C31H38ClN3O4S. The number of anilines is 1. The second-order valence-corrected chi connectivity index (χ2v) is 12.6. The van der Waals surface area contributed by atoms with Gasteiger partial charge in [-0.15, -0.1) is 0 Å². The van der Waals surface area contributed by atoms with Gasteiger partial charge in [-0.25, -0.2) is 8.42 Å². The van der Waals surface area contributed by atoms with Crippen molar-refractivity contribution >= 4 is 39.1 Å². The lowest BCUT2D eigenvalue weighted by Crippen LogP contribution is -2.53. The molecule has 9 heteroatoms. The lowest BCUT2D eigenvalue weighted by atomic mass is 10.1. The molecule has 40 heavy (non-hydrogen) atoms. The Hall–Kier alpha value is -3.36. The number of carbonyl (C=O) groups is 2. The van der Waals surface area contributed by atoms with Crippen molar-refractivity contribution < 1.29 is 18.0 Å². The highest BCUT2D eigenvalue weighted by Gasteiger charge is 2.34. The molecular weight excluding hydrogens is 546 g/mol. The second-order valence-electron chi connectivity index (χ2n) is 10.4. The van der Waals surface area contributed by atoms with Crippen LogP contribution in [0.4, 0.5) is 5.69 Å². The predicted molar refractivity (Wildman–Crippen MR) is 161 cm³/mol. The zero-order chi connectivity index (χ0) is 29.6. The Labute approximate surface area is 243 Å². The summed E-state index contributed by atoms with van der Waals surface area (Å²) in [6.45, 7) is 10.8. The number of nitrogens with zero attached hydrogens (tertiary/aromatic N) is 2. The van der Waals surface area contributed by atoms with Gasteiger partial charge in [-0.3, -0.25) is 13.9 Å². The molecule has 0 radical (unpaired) electrons. The van der Waals surface area contributed by atoms with Gasteiger partial charge in [-0.05, 0) is 82.5 Å². The topological polar surface area (TPSA) is 86.8 Å². The van der Waals surface area contributed by atoms with Crippen molar-refractivity contribution in [3.8, 4) is 0 Å². The van der Waals surface area contributed by atoms with Crippen LogP contribution in [0.2, 0.25) is 5.02 Å². The van der Waals surface area contributed by atoms with Gasteiger partial charge in [-0.1, -0.05) is 66.0 Å². The molecule has 0 bridgehead atoms. The van der Waals surface area contributed by atoms with Crippen molar-refractivity contribution in [1.82, 2.24) is 10.2 Å². The lowest BCUT2D eigenvalue weighted by Gasteiger charge is -2.34. The molecule has 0 saturated carbocycles. The van der Waals surface area contributed by atoms with Crippen LogP contribution in [0, 0.1) is 20.8 Å². The monoisotopic (exact) mass is 583 g/mol. The normalized spacial score (nSPS) is 12.2. The number of hydrogen-bond acceptors (Lipinski definition) is 4. The SMILES string of the molecule is CCC(C(=O)NC(C)C)N(Cc1ccc(C)cc1)C(=O)CN(c1ccc(Cl)cc1C)S(=O)(=O)c1ccc(C)cc1. The summed E-state index contributed by atoms with van der Waals surface area (Å²) in [6, 6.07) is 18.2. The minimum Gasteiger partial charge on any atom is -0.352 e. The molecule has 1 unspecified atom stereocenters. The highest BCUT2D eigenvalue weighted by atomic mass is 35.5. The van der Waals surface area contributed by atoms with Gasteiger partial charge in [0.05, 0.1) is 10.6 Å². The third-order valence-electron chi connectivity index (χ3n) is 6.61. The molecule has 0 fully saturated rings. The lowest BCUT2D eigenvalue weighted by molar-refractivity contribution is -0.140. The van der Waals surface area contributed by atoms with Gasteiger partial charge in [0.15, 0.2) is 0 Å². The number of sulfonamides is 1. The summed E-state index contributed by atoms with van der Waals surface area (Å²) in [6.07, 6.45) is 0.362. The minimum atomic E-state index is -4.14. The highest BCUT2D eigenvalue weighted by Crippen LogP contribution is 2.29. The molecule has 0 aromatic heterocycles.